The SMILES string of the molecule is CCCC1CCC(C(CC2CC3CCC2C3)NN)CC1. The van der Waals surface area contributed by atoms with Gasteiger partial charge in [-0.3, -0.25) is 11.3 Å². The summed E-state index contributed by atoms with van der Waals surface area (Å²) in [4.78, 5) is 0. The van der Waals surface area contributed by atoms with E-state index in [-0.39, 0.29) is 0 Å². The van der Waals surface area contributed by atoms with Crippen molar-refractivity contribution >= 4 is 0 Å². The van der Waals surface area contributed by atoms with Crippen LogP contribution in [0.1, 0.15) is 77.6 Å². The molecule has 3 fully saturated rings. The summed E-state index contributed by atoms with van der Waals surface area (Å²) in [5, 5.41) is 0. The van der Waals surface area contributed by atoms with Gasteiger partial charge in [-0.15, -0.1) is 0 Å². The second-order valence-electron chi connectivity index (χ2n) is 8.01. The molecule has 2 nitrogen and oxygen atoms in total. The van der Waals surface area contributed by atoms with Crippen molar-refractivity contribution in [2.45, 2.75) is 83.6 Å². The fourth-order valence-corrected chi connectivity index (χ4v) is 5.68. The highest BCUT2D eigenvalue weighted by atomic mass is 15.2. The van der Waals surface area contributed by atoms with Crippen LogP contribution in [0.15, 0.2) is 0 Å². The van der Waals surface area contributed by atoms with Gasteiger partial charge in [0.15, 0.2) is 0 Å². The van der Waals surface area contributed by atoms with Crippen molar-refractivity contribution in [3.05, 3.63) is 0 Å². The molecule has 0 aliphatic heterocycles. The van der Waals surface area contributed by atoms with Crippen LogP contribution in [0.25, 0.3) is 0 Å². The predicted molar refractivity (Wildman–Crippen MR) is 85.0 cm³/mol. The summed E-state index contributed by atoms with van der Waals surface area (Å²) in [6.45, 7) is 2.32. The summed E-state index contributed by atoms with van der Waals surface area (Å²) in [6, 6.07) is 0.599. The summed E-state index contributed by atoms with van der Waals surface area (Å²) >= 11 is 0. The first-order valence-electron chi connectivity index (χ1n) is 9.26. The first-order chi connectivity index (χ1) is 9.80. The molecule has 2 bridgehead atoms. The molecular weight excluding hydrogens is 244 g/mol. The Kier molecular flexibility index (Phi) is 5.04. The van der Waals surface area contributed by atoms with Crippen molar-refractivity contribution in [3.8, 4) is 0 Å². The summed E-state index contributed by atoms with van der Waals surface area (Å²) < 4.78 is 0. The summed E-state index contributed by atoms with van der Waals surface area (Å²) in [5.74, 6) is 10.9. The van der Waals surface area contributed by atoms with Crippen LogP contribution in [0.3, 0.4) is 0 Å². The molecule has 0 spiro atoms. The lowest BCUT2D eigenvalue weighted by Crippen LogP contribution is -2.44. The highest BCUT2D eigenvalue weighted by Gasteiger charge is 2.41. The van der Waals surface area contributed by atoms with Gasteiger partial charge in [0.25, 0.3) is 0 Å². The maximum absolute atomic E-state index is 5.92. The number of rotatable bonds is 6. The molecule has 4 unspecified atom stereocenters. The molecule has 3 aliphatic rings. The zero-order valence-electron chi connectivity index (χ0n) is 13.3. The van der Waals surface area contributed by atoms with Crippen molar-refractivity contribution in [2.75, 3.05) is 0 Å². The molecule has 3 N–H and O–H groups in total. The third-order valence-corrected chi connectivity index (χ3v) is 6.81. The highest BCUT2D eigenvalue weighted by molar-refractivity contribution is 4.93. The van der Waals surface area contributed by atoms with E-state index in [4.69, 9.17) is 5.84 Å². The molecule has 3 aliphatic carbocycles. The topological polar surface area (TPSA) is 38.0 Å². The molecule has 0 aromatic carbocycles. The zero-order valence-corrected chi connectivity index (χ0v) is 13.3. The lowest BCUT2D eigenvalue weighted by atomic mass is 9.74. The summed E-state index contributed by atoms with van der Waals surface area (Å²) in [7, 11) is 0. The Morgan fingerprint density at radius 1 is 1.05 bits per heavy atom. The minimum Gasteiger partial charge on any atom is -0.271 e. The molecule has 116 valence electrons. The fraction of sp³-hybridized carbons (Fsp3) is 1.00. The number of hydrazine groups is 1. The molecule has 0 radical (unpaired) electrons. The van der Waals surface area contributed by atoms with E-state index in [0.717, 1.165) is 29.6 Å². The summed E-state index contributed by atoms with van der Waals surface area (Å²) in [5.41, 5.74) is 3.20. The van der Waals surface area contributed by atoms with E-state index in [0.29, 0.717) is 6.04 Å². The smallest absolute Gasteiger partial charge is 0.0241 e. The molecule has 3 rings (SSSR count). The first kappa shape index (κ1) is 14.8. The number of hydrogen-bond donors (Lipinski definition) is 2. The Hall–Kier alpha value is -0.0800. The van der Waals surface area contributed by atoms with Gasteiger partial charge in [0.05, 0.1) is 0 Å². The molecule has 0 aromatic heterocycles. The Bertz CT molecular complexity index is 296. The van der Waals surface area contributed by atoms with Crippen molar-refractivity contribution in [1.29, 1.82) is 0 Å². The van der Waals surface area contributed by atoms with E-state index >= 15 is 0 Å². The van der Waals surface area contributed by atoms with Crippen molar-refractivity contribution < 1.29 is 0 Å². The predicted octanol–water partition coefficient (Wildman–Crippen LogP) is 4.25. The second-order valence-corrected chi connectivity index (χ2v) is 8.01. The standard InChI is InChI=1S/C18H34N2/c1-2-3-13-4-7-15(8-5-13)18(20-19)12-17-11-14-6-9-16(17)10-14/h13-18,20H,2-12,19H2,1H3. The van der Waals surface area contributed by atoms with E-state index in [9.17, 15) is 0 Å². The Morgan fingerprint density at radius 2 is 1.85 bits per heavy atom. The molecule has 0 amide bonds. The normalized spacial score (nSPS) is 42.0. The number of nitrogens with two attached hydrogens (primary N) is 1. The van der Waals surface area contributed by atoms with E-state index in [2.05, 4.69) is 12.3 Å². The second kappa shape index (κ2) is 6.79. The van der Waals surface area contributed by atoms with E-state index in [1.54, 1.807) is 0 Å². The molecule has 2 heteroatoms. The van der Waals surface area contributed by atoms with Crippen LogP contribution in [0.2, 0.25) is 0 Å². The molecular formula is C18H34N2. The molecule has 4 atom stereocenters. The van der Waals surface area contributed by atoms with Gasteiger partial charge >= 0.3 is 0 Å². The average molecular weight is 278 g/mol. The van der Waals surface area contributed by atoms with Gasteiger partial charge in [-0.2, -0.15) is 0 Å². The number of hydrogen-bond acceptors (Lipinski definition) is 2. The third-order valence-electron chi connectivity index (χ3n) is 6.81. The minimum absolute atomic E-state index is 0.599. The minimum atomic E-state index is 0.599. The molecule has 3 saturated carbocycles. The van der Waals surface area contributed by atoms with Gasteiger partial charge in [0.2, 0.25) is 0 Å². The van der Waals surface area contributed by atoms with E-state index < -0.39 is 0 Å². The number of fused-ring (bicyclic) bond motifs is 2. The maximum Gasteiger partial charge on any atom is 0.0241 e. The van der Waals surface area contributed by atoms with Crippen LogP contribution in [0.5, 0.6) is 0 Å². The maximum atomic E-state index is 5.92. The molecule has 0 heterocycles. The Labute approximate surface area is 125 Å². The first-order valence-corrected chi connectivity index (χ1v) is 9.26. The average Bonchev–Trinajstić information content (AvgIpc) is 3.08. The lowest BCUT2D eigenvalue weighted by Gasteiger charge is -2.36. The van der Waals surface area contributed by atoms with Crippen LogP contribution in [-0.2, 0) is 0 Å². The van der Waals surface area contributed by atoms with Gasteiger partial charge in [0.1, 0.15) is 0 Å². The third kappa shape index (κ3) is 3.22. The number of nitrogens with one attached hydrogen (secondary N) is 1. The van der Waals surface area contributed by atoms with Crippen LogP contribution < -0.4 is 11.3 Å². The van der Waals surface area contributed by atoms with Gasteiger partial charge < -0.3 is 0 Å². The van der Waals surface area contributed by atoms with Crippen LogP contribution in [0, 0.1) is 29.6 Å². The van der Waals surface area contributed by atoms with Gasteiger partial charge in [0, 0.05) is 6.04 Å². The monoisotopic (exact) mass is 278 g/mol. The largest absolute Gasteiger partial charge is 0.271 e. The fourth-order valence-electron chi connectivity index (χ4n) is 5.68. The van der Waals surface area contributed by atoms with Crippen LogP contribution >= 0.6 is 0 Å². The summed E-state index contributed by atoms with van der Waals surface area (Å²) in [6.07, 6.45) is 16.0. The van der Waals surface area contributed by atoms with Crippen molar-refractivity contribution in [1.82, 2.24) is 5.43 Å². The molecule has 0 aromatic rings. The van der Waals surface area contributed by atoms with Crippen LogP contribution in [0.4, 0.5) is 0 Å². The zero-order chi connectivity index (χ0) is 13.9. The van der Waals surface area contributed by atoms with Gasteiger partial charge in [-0.25, -0.2) is 0 Å². The van der Waals surface area contributed by atoms with Gasteiger partial charge in [-0.05, 0) is 68.1 Å². The van der Waals surface area contributed by atoms with Crippen molar-refractivity contribution in [2.24, 2.45) is 35.4 Å². The Morgan fingerprint density at radius 3 is 2.40 bits per heavy atom. The van der Waals surface area contributed by atoms with E-state index in [1.807, 2.05) is 0 Å². The van der Waals surface area contributed by atoms with Crippen LogP contribution in [-0.4, -0.2) is 6.04 Å². The van der Waals surface area contributed by atoms with E-state index in [1.165, 1.54) is 70.6 Å². The molecule has 20 heavy (non-hydrogen) atoms. The molecule has 0 saturated heterocycles. The highest BCUT2D eigenvalue weighted by Crippen LogP contribution is 2.50. The Balaban J connectivity index is 1.47. The van der Waals surface area contributed by atoms with Crippen molar-refractivity contribution in [3.63, 3.8) is 0 Å². The lowest BCUT2D eigenvalue weighted by molar-refractivity contribution is 0.177. The van der Waals surface area contributed by atoms with Gasteiger partial charge in [-0.1, -0.05) is 39.0 Å². The quantitative estimate of drug-likeness (QED) is 0.563.